The standard InChI is InChI=1S/C25H32N4O6/c26-14-19-13-23(34-12-11-33-16-18-1-2-18)7-8-24(19)35-17-22(31)15-27-9-10-28-25(32)29-20-3-5-21(30)6-4-20/h3-8,13,18,22,27,30-31H,1-2,9-12,15-17H2,(H2,28,29,32)/t22-/m1/s1. The monoisotopic (exact) mass is 484 g/mol. The third kappa shape index (κ3) is 10.1. The number of aliphatic hydroxyl groups is 1. The fourth-order valence-corrected chi connectivity index (χ4v) is 3.06. The van der Waals surface area contributed by atoms with Crippen LogP contribution >= 0.6 is 0 Å². The fraction of sp³-hybridized carbons (Fsp3) is 0.440. The van der Waals surface area contributed by atoms with Crippen LogP contribution in [0.5, 0.6) is 17.2 Å². The molecule has 5 N–H and O–H groups in total. The van der Waals surface area contributed by atoms with E-state index in [1.165, 1.54) is 25.0 Å². The molecule has 0 aliphatic heterocycles. The number of anilines is 1. The van der Waals surface area contributed by atoms with E-state index in [9.17, 15) is 20.3 Å². The maximum Gasteiger partial charge on any atom is 0.319 e. The maximum absolute atomic E-state index is 11.8. The van der Waals surface area contributed by atoms with Crippen LogP contribution in [0.3, 0.4) is 0 Å². The first-order valence-electron chi connectivity index (χ1n) is 11.6. The number of phenolic OH excluding ortho intramolecular Hbond substituents is 1. The number of carbonyl (C=O) groups excluding carboxylic acids is 1. The van der Waals surface area contributed by atoms with E-state index < -0.39 is 6.10 Å². The molecule has 2 aromatic carbocycles. The molecular formula is C25H32N4O6. The molecule has 0 heterocycles. The van der Waals surface area contributed by atoms with E-state index in [2.05, 4.69) is 22.0 Å². The average Bonchev–Trinajstić information content (AvgIpc) is 3.68. The van der Waals surface area contributed by atoms with Gasteiger partial charge in [0.2, 0.25) is 0 Å². The molecule has 3 rings (SSSR count). The normalized spacial score (nSPS) is 13.5. The zero-order chi connectivity index (χ0) is 24.9. The molecule has 1 saturated carbocycles. The molecule has 35 heavy (non-hydrogen) atoms. The van der Waals surface area contributed by atoms with Crippen LogP contribution in [-0.4, -0.2) is 68.4 Å². The van der Waals surface area contributed by atoms with Crippen LogP contribution in [0.4, 0.5) is 10.5 Å². The summed E-state index contributed by atoms with van der Waals surface area (Å²) in [6.07, 6.45) is 1.70. The average molecular weight is 485 g/mol. The first-order valence-corrected chi connectivity index (χ1v) is 11.6. The number of rotatable bonds is 15. The first kappa shape index (κ1) is 26.1. The molecule has 2 aromatic rings. The van der Waals surface area contributed by atoms with Gasteiger partial charge in [0.1, 0.15) is 42.6 Å². The number of nitriles is 1. The van der Waals surface area contributed by atoms with Gasteiger partial charge in [-0.25, -0.2) is 4.79 Å². The van der Waals surface area contributed by atoms with Crippen LogP contribution in [0.1, 0.15) is 18.4 Å². The van der Waals surface area contributed by atoms with Crippen LogP contribution in [0.15, 0.2) is 42.5 Å². The molecule has 1 aliphatic carbocycles. The van der Waals surface area contributed by atoms with E-state index in [0.717, 1.165) is 6.61 Å². The second-order valence-corrected chi connectivity index (χ2v) is 8.23. The van der Waals surface area contributed by atoms with E-state index in [4.69, 9.17) is 14.2 Å². The summed E-state index contributed by atoms with van der Waals surface area (Å²) in [5.41, 5.74) is 0.889. The first-order chi connectivity index (χ1) is 17.0. The molecule has 0 aromatic heterocycles. The molecule has 188 valence electrons. The van der Waals surface area contributed by atoms with Crippen molar-refractivity contribution in [3.8, 4) is 23.3 Å². The van der Waals surface area contributed by atoms with Gasteiger partial charge in [0.05, 0.1) is 12.2 Å². The van der Waals surface area contributed by atoms with Gasteiger partial charge in [-0.2, -0.15) is 5.26 Å². The number of ether oxygens (including phenoxy) is 3. The van der Waals surface area contributed by atoms with Gasteiger partial charge >= 0.3 is 6.03 Å². The van der Waals surface area contributed by atoms with E-state index in [1.54, 1.807) is 30.3 Å². The minimum absolute atomic E-state index is 0.00561. The Balaban J connectivity index is 1.27. The highest BCUT2D eigenvalue weighted by Gasteiger charge is 2.20. The van der Waals surface area contributed by atoms with Crippen LogP contribution in [0.2, 0.25) is 0 Å². The van der Waals surface area contributed by atoms with Crippen molar-refractivity contribution >= 4 is 11.7 Å². The number of aliphatic hydroxyl groups excluding tert-OH is 1. The largest absolute Gasteiger partial charge is 0.508 e. The van der Waals surface area contributed by atoms with Gasteiger partial charge in [-0.1, -0.05) is 0 Å². The number of benzene rings is 2. The summed E-state index contributed by atoms with van der Waals surface area (Å²) in [5, 5.41) is 37.1. The molecule has 1 aliphatic rings. The van der Waals surface area contributed by atoms with Crippen molar-refractivity contribution in [3.63, 3.8) is 0 Å². The van der Waals surface area contributed by atoms with Crippen molar-refractivity contribution in [1.82, 2.24) is 10.6 Å². The fourth-order valence-electron chi connectivity index (χ4n) is 3.06. The summed E-state index contributed by atoms with van der Waals surface area (Å²) in [7, 11) is 0. The molecule has 10 nitrogen and oxygen atoms in total. The van der Waals surface area contributed by atoms with Crippen molar-refractivity contribution < 1.29 is 29.2 Å². The second kappa shape index (κ2) is 14.0. The summed E-state index contributed by atoms with van der Waals surface area (Å²) in [6.45, 7) is 2.76. The number of nitrogens with one attached hydrogen (secondary N) is 3. The van der Waals surface area contributed by atoms with Gasteiger partial charge in [-0.05, 0) is 55.2 Å². The van der Waals surface area contributed by atoms with Gasteiger partial charge in [-0.3, -0.25) is 0 Å². The van der Waals surface area contributed by atoms with Gasteiger partial charge in [-0.15, -0.1) is 0 Å². The number of urea groups is 1. The molecule has 1 fully saturated rings. The summed E-state index contributed by atoms with van der Waals surface area (Å²) in [4.78, 5) is 11.8. The third-order valence-corrected chi connectivity index (χ3v) is 5.14. The van der Waals surface area contributed by atoms with Crippen LogP contribution in [0, 0.1) is 17.2 Å². The van der Waals surface area contributed by atoms with Crippen molar-refractivity contribution in [2.24, 2.45) is 5.92 Å². The molecule has 0 spiro atoms. The third-order valence-electron chi connectivity index (χ3n) is 5.14. The summed E-state index contributed by atoms with van der Waals surface area (Å²) >= 11 is 0. The Labute approximate surface area is 204 Å². The summed E-state index contributed by atoms with van der Waals surface area (Å²) < 4.78 is 16.8. The maximum atomic E-state index is 11.8. The predicted molar refractivity (Wildman–Crippen MR) is 130 cm³/mol. The highest BCUT2D eigenvalue weighted by molar-refractivity contribution is 5.89. The number of carbonyl (C=O) groups is 1. The molecule has 0 bridgehead atoms. The summed E-state index contributed by atoms with van der Waals surface area (Å²) in [5.74, 6) is 1.77. The van der Waals surface area contributed by atoms with E-state index >= 15 is 0 Å². The Hall–Kier alpha value is -3.52. The topological polar surface area (TPSA) is 145 Å². The van der Waals surface area contributed by atoms with E-state index in [0.29, 0.717) is 55.0 Å². The van der Waals surface area contributed by atoms with E-state index in [1.807, 2.05) is 0 Å². The van der Waals surface area contributed by atoms with Crippen LogP contribution < -0.4 is 25.4 Å². The predicted octanol–water partition coefficient (Wildman–Crippen LogP) is 2.22. The van der Waals surface area contributed by atoms with Gasteiger partial charge in [0.25, 0.3) is 0 Å². The zero-order valence-electron chi connectivity index (χ0n) is 19.5. The Morgan fingerprint density at radius 2 is 1.91 bits per heavy atom. The molecule has 10 heteroatoms. The molecule has 0 unspecified atom stereocenters. The Bertz CT molecular complexity index is 975. The number of aromatic hydroxyl groups is 1. The number of nitrogens with zero attached hydrogens (tertiary/aromatic N) is 1. The highest BCUT2D eigenvalue weighted by atomic mass is 16.5. The lowest BCUT2D eigenvalue weighted by atomic mass is 10.2. The lowest BCUT2D eigenvalue weighted by Gasteiger charge is -2.15. The zero-order valence-corrected chi connectivity index (χ0v) is 19.5. The van der Waals surface area contributed by atoms with Crippen molar-refractivity contribution in [2.45, 2.75) is 18.9 Å². The van der Waals surface area contributed by atoms with Crippen molar-refractivity contribution in [2.75, 3.05) is 51.4 Å². The van der Waals surface area contributed by atoms with Crippen LogP contribution in [0.25, 0.3) is 0 Å². The van der Waals surface area contributed by atoms with Crippen molar-refractivity contribution in [1.29, 1.82) is 5.26 Å². The smallest absolute Gasteiger partial charge is 0.319 e. The lowest BCUT2D eigenvalue weighted by molar-refractivity contribution is 0.0926. The molecule has 1 atom stereocenters. The number of hydrogen-bond acceptors (Lipinski definition) is 8. The van der Waals surface area contributed by atoms with E-state index in [-0.39, 0.29) is 24.9 Å². The number of phenols is 1. The Kier molecular flexibility index (Phi) is 10.4. The van der Waals surface area contributed by atoms with Crippen molar-refractivity contribution in [3.05, 3.63) is 48.0 Å². The lowest BCUT2D eigenvalue weighted by Crippen LogP contribution is -2.38. The van der Waals surface area contributed by atoms with Gasteiger partial charge in [0, 0.05) is 38.0 Å². The Morgan fingerprint density at radius 3 is 2.66 bits per heavy atom. The minimum Gasteiger partial charge on any atom is -0.508 e. The molecular weight excluding hydrogens is 452 g/mol. The highest BCUT2D eigenvalue weighted by Crippen LogP contribution is 2.28. The van der Waals surface area contributed by atoms with Gasteiger partial charge in [0.15, 0.2) is 0 Å². The summed E-state index contributed by atoms with van der Waals surface area (Å²) in [6, 6.07) is 12.8. The minimum atomic E-state index is -0.799. The molecule has 2 amide bonds. The van der Waals surface area contributed by atoms with Gasteiger partial charge < -0.3 is 40.4 Å². The molecule has 0 radical (unpaired) electrons. The van der Waals surface area contributed by atoms with Crippen LogP contribution in [-0.2, 0) is 4.74 Å². The number of amides is 2. The SMILES string of the molecule is N#Cc1cc(OCCOCC2CC2)ccc1OC[C@H](O)CNCCNC(=O)Nc1ccc(O)cc1. The molecule has 0 saturated heterocycles. The second-order valence-electron chi connectivity index (χ2n) is 8.23. The number of hydrogen-bond donors (Lipinski definition) is 5. The quantitative estimate of drug-likeness (QED) is 0.191. The Morgan fingerprint density at radius 1 is 1.11 bits per heavy atom.